The van der Waals surface area contributed by atoms with E-state index in [0.717, 1.165) is 0 Å². The standard InChI is InChI=1S/C10H16S.C2H6/c1-2-3-4-5-6-10-7-8-11-9-10;1-2/h7-9H,2-6H2,1H3;1-2H3. The van der Waals surface area contributed by atoms with E-state index in [1.807, 2.05) is 13.8 Å². The lowest BCUT2D eigenvalue weighted by molar-refractivity contribution is 0.667. The van der Waals surface area contributed by atoms with Gasteiger partial charge in [-0.05, 0) is 35.2 Å². The molecule has 0 nitrogen and oxygen atoms in total. The summed E-state index contributed by atoms with van der Waals surface area (Å²) in [6.07, 6.45) is 6.77. The first-order chi connectivity index (χ1) is 6.43. The lowest BCUT2D eigenvalue weighted by atomic mass is 10.1. The summed E-state index contributed by atoms with van der Waals surface area (Å²) < 4.78 is 0. The molecule has 0 radical (unpaired) electrons. The van der Waals surface area contributed by atoms with Crippen molar-refractivity contribution in [2.75, 3.05) is 0 Å². The van der Waals surface area contributed by atoms with E-state index in [0.29, 0.717) is 0 Å². The number of rotatable bonds is 5. The van der Waals surface area contributed by atoms with Gasteiger partial charge in [-0.25, -0.2) is 0 Å². The Morgan fingerprint density at radius 3 is 2.46 bits per heavy atom. The van der Waals surface area contributed by atoms with Gasteiger partial charge in [0.05, 0.1) is 0 Å². The molecule has 0 fully saturated rings. The molecule has 0 aliphatic carbocycles. The lowest BCUT2D eigenvalue weighted by Crippen LogP contribution is -1.81. The Labute approximate surface area is 87.0 Å². The summed E-state index contributed by atoms with van der Waals surface area (Å²) >= 11 is 1.80. The monoisotopic (exact) mass is 198 g/mol. The number of hydrogen-bond donors (Lipinski definition) is 0. The van der Waals surface area contributed by atoms with E-state index in [4.69, 9.17) is 0 Å². The van der Waals surface area contributed by atoms with Crippen molar-refractivity contribution >= 4 is 11.3 Å². The molecule has 0 aliphatic heterocycles. The van der Waals surface area contributed by atoms with Gasteiger partial charge >= 0.3 is 0 Å². The van der Waals surface area contributed by atoms with Crippen molar-refractivity contribution < 1.29 is 0 Å². The summed E-state index contributed by atoms with van der Waals surface area (Å²) in [6.45, 7) is 6.25. The molecule has 0 aliphatic rings. The molecule has 0 amide bonds. The van der Waals surface area contributed by atoms with Crippen LogP contribution in [0.15, 0.2) is 16.8 Å². The van der Waals surface area contributed by atoms with Crippen LogP contribution in [0.5, 0.6) is 0 Å². The molecule has 0 atom stereocenters. The molecule has 0 unspecified atom stereocenters. The normalized spacial score (nSPS) is 9.15. The number of hydrogen-bond acceptors (Lipinski definition) is 1. The van der Waals surface area contributed by atoms with Crippen molar-refractivity contribution in [2.45, 2.75) is 52.9 Å². The Hall–Kier alpha value is -0.300. The minimum atomic E-state index is 1.28. The van der Waals surface area contributed by atoms with Gasteiger partial charge in [0.2, 0.25) is 0 Å². The van der Waals surface area contributed by atoms with E-state index in [1.165, 1.54) is 37.7 Å². The van der Waals surface area contributed by atoms with Crippen LogP contribution in [0.4, 0.5) is 0 Å². The average molecular weight is 198 g/mol. The second-order valence-corrected chi connectivity index (χ2v) is 3.72. The van der Waals surface area contributed by atoms with E-state index < -0.39 is 0 Å². The largest absolute Gasteiger partial charge is 0.152 e. The molecule has 1 heterocycles. The maximum atomic E-state index is 2.26. The van der Waals surface area contributed by atoms with E-state index in [9.17, 15) is 0 Å². The fourth-order valence-corrected chi connectivity index (χ4v) is 1.89. The zero-order chi connectivity index (χ0) is 9.94. The van der Waals surface area contributed by atoms with Crippen molar-refractivity contribution in [2.24, 2.45) is 0 Å². The van der Waals surface area contributed by atoms with Crippen molar-refractivity contribution in [3.8, 4) is 0 Å². The smallest absolute Gasteiger partial charge is 0.00613 e. The molecule has 1 aromatic rings. The third-order valence-corrected chi connectivity index (χ3v) is 2.63. The van der Waals surface area contributed by atoms with E-state index in [1.54, 1.807) is 11.3 Å². The van der Waals surface area contributed by atoms with Crippen LogP contribution < -0.4 is 0 Å². The molecule has 0 saturated carbocycles. The third kappa shape index (κ3) is 6.83. The van der Waals surface area contributed by atoms with Gasteiger partial charge < -0.3 is 0 Å². The Bertz CT molecular complexity index is 165. The number of aryl methyl sites for hydroxylation is 1. The molecule has 76 valence electrons. The highest BCUT2D eigenvalue weighted by Crippen LogP contribution is 2.10. The van der Waals surface area contributed by atoms with Crippen LogP contribution in [0.1, 0.15) is 52.0 Å². The van der Waals surface area contributed by atoms with Crippen LogP contribution in [-0.2, 0) is 6.42 Å². The Morgan fingerprint density at radius 1 is 1.15 bits per heavy atom. The Kier molecular flexibility index (Phi) is 9.56. The molecule has 1 heteroatoms. The minimum absolute atomic E-state index is 1.28. The Morgan fingerprint density at radius 2 is 1.92 bits per heavy atom. The fraction of sp³-hybridized carbons (Fsp3) is 0.667. The van der Waals surface area contributed by atoms with Gasteiger partial charge in [-0.3, -0.25) is 0 Å². The van der Waals surface area contributed by atoms with Gasteiger partial charge in [0.1, 0.15) is 0 Å². The Balaban J connectivity index is 0.000000671. The van der Waals surface area contributed by atoms with Gasteiger partial charge in [-0.1, -0.05) is 40.0 Å². The minimum Gasteiger partial charge on any atom is -0.152 e. The maximum Gasteiger partial charge on any atom is -0.00613 e. The fourth-order valence-electron chi connectivity index (χ4n) is 1.19. The topological polar surface area (TPSA) is 0 Å². The highest BCUT2D eigenvalue weighted by molar-refractivity contribution is 7.07. The summed E-state index contributed by atoms with van der Waals surface area (Å²) in [6, 6.07) is 2.23. The molecular weight excluding hydrogens is 176 g/mol. The average Bonchev–Trinajstić information content (AvgIpc) is 2.68. The molecule has 1 aromatic heterocycles. The zero-order valence-electron chi connectivity index (χ0n) is 9.18. The maximum absolute atomic E-state index is 2.26. The van der Waals surface area contributed by atoms with Crippen molar-refractivity contribution in [3.63, 3.8) is 0 Å². The predicted octanol–water partition coefficient (Wildman–Crippen LogP) is 4.90. The van der Waals surface area contributed by atoms with Crippen LogP contribution in [-0.4, -0.2) is 0 Å². The molecule has 0 saturated heterocycles. The van der Waals surface area contributed by atoms with Gasteiger partial charge in [-0.15, -0.1) is 0 Å². The van der Waals surface area contributed by atoms with Crippen LogP contribution in [0.3, 0.4) is 0 Å². The highest BCUT2D eigenvalue weighted by atomic mass is 32.1. The second kappa shape index (κ2) is 9.79. The quantitative estimate of drug-likeness (QED) is 0.590. The lowest BCUT2D eigenvalue weighted by Gasteiger charge is -1.96. The van der Waals surface area contributed by atoms with Crippen LogP contribution in [0.2, 0.25) is 0 Å². The summed E-state index contributed by atoms with van der Waals surface area (Å²) in [5.41, 5.74) is 1.52. The van der Waals surface area contributed by atoms with Crippen molar-refractivity contribution in [1.29, 1.82) is 0 Å². The first-order valence-electron chi connectivity index (χ1n) is 5.44. The number of thiophene rings is 1. The zero-order valence-corrected chi connectivity index (χ0v) is 9.99. The highest BCUT2D eigenvalue weighted by Gasteiger charge is 1.91. The van der Waals surface area contributed by atoms with Crippen molar-refractivity contribution in [1.82, 2.24) is 0 Å². The predicted molar refractivity (Wildman–Crippen MR) is 63.5 cm³/mol. The number of unbranched alkanes of at least 4 members (excludes halogenated alkanes) is 3. The van der Waals surface area contributed by atoms with E-state index >= 15 is 0 Å². The first kappa shape index (κ1) is 12.7. The van der Waals surface area contributed by atoms with Gasteiger partial charge in [-0.2, -0.15) is 11.3 Å². The van der Waals surface area contributed by atoms with Gasteiger partial charge in [0.25, 0.3) is 0 Å². The van der Waals surface area contributed by atoms with Crippen LogP contribution in [0.25, 0.3) is 0 Å². The van der Waals surface area contributed by atoms with Gasteiger partial charge in [0, 0.05) is 0 Å². The summed E-state index contributed by atoms with van der Waals surface area (Å²) in [5.74, 6) is 0. The van der Waals surface area contributed by atoms with Gasteiger partial charge in [0.15, 0.2) is 0 Å². The third-order valence-electron chi connectivity index (χ3n) is 1.90. The first-order valence-corrected chi connectivity index (χ1v) is 6.39. The molecule has 1 rings (SSSR count). The van der Waals surface area contributed by atoms with Crippen molar-refractivity contribution in [3.05, 3.63) is 22.4 Å². The SMILES string of the molecule is CC.CCCCCCc1ccsc1. The van der Waals surface area contributed by atoms with E-state index in [-0.39, 0.29) is 0 Å². The molecule has 13 heavy (non-hydrogen) atoms. The summed E-state index contributed by atoms with van der Waals surface area (Å²) in [5, 5.41) is 4.42. The second-order valence-electron chi connectivity index (χ2n) is 2.94. The summed E-state index contributed by atoms with van der Waals surface area (Å²) in [7, 11) is 0. The van der Waals surface area contributed by atoms with Crippen LogP contribution in [0, 0.1) is 0 Å². The molecule has 0 N–H and O–H groups in total. The molecule has 0 aromatic carbocycles. The summed E-state index contributed by atoms with van der Waals surface area (Å²) in [4.78, 5) is 0. The molecule has 0 bridgehead atoms. The molecular formula is C12H22S. The van der Waals surface area contributed by atoms with E-state index in [2.05, 4.69) is 23.8 Å². The molecule has 0 spiro atoms. The van der Waals surface area contributed by atoms with Crippen LogP contribution >= 0.6 is 11.3 Å².